The predicted octanol–water partition coefficient (Wildman–Crippen LogP) is 0.413. The van der Waals surface area contributed by atoms with E-state index in [1.165, 1.54) is 21.0 Å². The molecule has 3 nitrogen and oxygen atoms in total. The molecule has 0 atom stereocenters. The van der Waals surface area contributed by atoms with Crippen LogP contribution in [0.4, 0.5) is 0 Å². The van der Waals surface area contributed by atoms with E-state index in [4.69, 9.17) is 4.74 Å². The molecule has 4 heteroatoms. The van der Waals surface area contributed by atoms with Crippen LogP contribution in [-0.2, 0) is 14.6 Å². The molecule has 0 saturated heterocycles. The Hall–Kier alpha value is -0.0900. The molecular weight excluding hydrogens is 140 g/mol. The van der Waals surface area contributed by atoms with Gasteiger partial charge in [-0.2, -0.15) is 0 Å². The van der Waals surface area contributed by atoms with E-state index in [1.807, 2.05) is 0 Å². The molecule has 0 aliphatic carbocycles. The lowest BCUT2D eigenvalue weighted by atomic mass is 10.5. The average Bonchev–Trinajstić information content (AvgIpc) is 1.64. The van der Waals surface area contributed by atoms with Gasteiger partial charge in [-0.15, -0.1) is 0 Å². The number of rotatable bonds is 2. The molecule has 0 radical (unpaired) electrons. The Morgan fingerprint density at radius 2 is 1.67 bits per heavy atom. The maximum atomic E-state index is 10.8. The topological polar surface area (TPSA) is 43.4 Å². The van der Waals surface area contributed by atoms with Crippen LogP contribution in [0.5, 0.6) is 0 Å². The number of ether oxygens (including phenoxy) is 1. The first-order valence-electron chi connectivity index (χ1n) is 2.56. The quantitative estimate of drug-likeness (QED) is 0.575. The fraction of sp³-hybridized carbons (Fsp3) is 1.00. The maximum Gasteiger partial charge on any atom is 0.176 e. The van der Waals surface area contributed by atoms with Crippen LogP contribution in [0.25, 0.3) is 0 Å². The highest BCUT2D eigenvalue weighted by Gasteiger charge is 2.28. The van der Waals surface area contributed by atoms with Gasteiger partial charge < -0.3 is 4.74 Å². The minimum atomic E-state index is -3.07. The van der Waals surface area contributed by atoms with Gasteiger partial charge in [-0.25, -0.2) is 8.42 Å². The molecule has 0 unspecified atom stereocenters. The van der Waals surface area contributed by atoms with Crippen LogP contribution in [0.15, 0.2) is 0 Å². The summed E-state index contributed by atoms with van der Waals surface area (Å²) in [6.07, 6.45) is 1.15. The summed E-state index contributed by atoms with van der Waals surface area (Å²) in [7, 11) is -1.70. The molecule has 9 heavy (non-hydrogen) atoms. The van der Waals surface area contributed by atoms with Crippen molar-refractivity contribution in [1.82, 2.24) is 0 Å². The van der Waals surface area contributed by atoms with Gasteiger partial charge in [0.05, 0.1) is 0 Å². The van der Waals surface area contributed by atoms with E-state index in [9.17, 15) is 8.42 Å². The molecule has 0 heterocycles. The van der Waals surface area contributed by atoms with E-state index in [1.54, 1.807) is 0 Å². The Balaban J connectivity index is 4.56. The molecule has 0 aliphatic heterocycles. The van der Waals surface area contributed by atoms with Crippen molar-refractivity contribution >= 4 is 9.84 Å². The van der Waals surface area contributed by atoms with Crippen LogP contribution in [0.2, 0.25) is 0 Å². The SMILES string of the molecule is COC(C)(C)S(C)(=O)=O. The van der Waals surface area contributed by atoms with Crippen LogP contribution in [0.3, 0.4) is 0 Å². The second-order valence-electron chi connectivity index (χ2n) is 2.38. The fourth-order valence-corrected chi connectivity index (χ4v) is 0.454. The highest BCUT2D eigenvalue weighted by atomic mass is 32.2. The van der Waals surface area contributed by atoms with Crippen molar-refractivity contribution in [3.8, 4) is 0 Å². The summed E-state index contributed by atoms with van der Waals surface area (Å²) in [6.45, 7) is 3.03. The first-order valence-corrected chi connectivity index (χ1v) is 4.45. The molecule has 0 spiro atoms. The Kier molecular flexibility index (Phi) is 2.24. The van der Waals surface area contributed by atoms with Gasteiger partial charge in [-0.1, -0.05) is 0 Å². The van der Waals surface area contributed by atoms with Crippen molar-refractivity contribution in [2.45, 2.75) is 18.8 Å². The largest absolute Gasteiger partial charge is 0.363 e. The monoisotopic (exact) mass is 152 g/mol. The molecule has 0 aromatic heterocycles. The van der Waals surface area contributed by atoms with Crippen LogP contribution in [-0.4, -0.2) is 26.7 Å². The molecule has 0 aromatic rings. The summed E-state index contributed by atoms with van der Waals surface area (Å²) in [6, 6.07) is 0. The van der Waals surface area contributed by atoms with Crippen LogP contribution >= 0.6 is 0 Å². The molecule has 0 rings (SSSR count). The fourth-order valence-electron chi connectivity index (χ4n) is 0.151. The average molecular weight is 152 g/mol. The first-order chi connectivity index (χ1) is 3.81. The molecule has 0 N–H and O–H groups in total. The zero-order valence-electron chi connectivity index (χ0n) is 6.13. The Morgan fingerprint density at radius 1 is 1.33 bits per heavy atom. The number of hydrogen-bond acceptors (Lipinski definition) is 3. The minimum absolute atomic E-state index is 1.05. The highest BCUT2D eigenvalue weighted by molar-refractivity contribution is 7.91. The lowest BCUT2D eigenvalue weighted by Crippen LogP contribution is -2.32. The van der Waals surface area contributed by atoms with E-state index >= 15 is 0 Å². The minimum Gasteiger partial charge on any atom is -0.363 e. The second-order valence-corrected chi connectivity index (χ2v) is 4.90. The molecule has 0 aliphatic rings. The van der Waals surface area contributed by atoms with Crippen LogP contribution in [0, 0.1) is 0 Å². The number of methoxy groups -OCH3 is 1. The van der Waals surface area contributed by atoms with Crippen molar-refractivity contribution < 1.29 is 13.2 Å². The summed E-state index contributed by atoms with van der Waals surface area (Å²) in [5.41, 5.74) is 0. The molecule has 0 aromatic carbocycles. The molecule has 0 saturated carbocycles. The van der Waals surface area contributed by atoms with E-state index < -0.39 is 14.8 Å². The van der Waals surface area contributed by atoms with Gasteiger partial charge in [0.15, 0.2) is 14.8 Å². The van der Waals surface area contributed by atoms with Crippen molar-refractivity contribution in [2.75, 3.05) is 13.4 Å². The molecule has 0 fully saturated rings. The smallest absolute Gasteiger partial charge is 0.176 e. The Labute approximate surface area is 55.9 Å². The summed E-state index contributed by atoms with van der Waals surface area (Å²) in [4.78, 5) is -1.05. The molecule has 0 amide bonds. The highest BCUT2D eigenvalue weighted by Crippen LogP contribution is 2.14. The normalized spacial score (nSPS) is 13.8. The van der Waals surface area contributed by atoms with Crippen molar-refractivity contribution in [3.05, 3.63) is 0 Å². The number of hydrogen-bond donors (Lipinski definition) is 0. The summed E-state index contributed by atoms with van der Waals surface area (Å²) in [5, 5.41) is 0. The van der Waals surface area contributed by atoms with Crippen LogP contribution < -0.4 is 0 Å². The Bertz CT molecular complexity index is 178. The van der Waals surface area contributed by atoms with E-state index in [0.29, 0.717) is 0 Å². The predicted molar refractivity (Wildman–Crippen MR) is 35.9 cm³/mol. The third-order valence-corrected chi connectivity index (χ3v) is 3.34. The second kappa shape index (κ2) is 2.27. The maximum absolute atomic E-state index is 10.8. The van der Waals surface area contributed by atoms with E-state index in [2.05, 4.69) is 0 Å². The van der Waals surface area contributed by atoms with Gasteiger partial charge >= 0.3 is 0 Å². The zero-order valence-corrected chi connectivity index (χ0v) is 6.95. The third kappa shape index (κ3) is 1.95. The lowest BCUT2D eigenvalue weighted by Gasteiger charge is -2.19. The number of sulfone groups is 1. The van der Waals surface area contributed by atoms with Crippen molar-refractivity contribution in [2.24, 2.45) is 0 Å². The van der Waals surface area contributed by atoms with E-state index in [-0.39, 0.29) is 0 Å². The van der Waals surface area contributed by atoms with E-state index in [0.717, 1.165) is 6.26 Å². The van der Waals surface area contributed by atoms with Gasteiger partial charge in [0.2, 0.25) is 0 Å². The molecule has 0 bridgehead atoms. The first kappa shape index (κ1) is 8.91. The third-order valence-electron chi connectivity index (χ3n) is 1.38. The molecular formula is C5H12O3S. The van der Waals surface area contributed by atoms with Crippen molar-refractivity contribution in [1.29, 1.82) is 0 Å². The lowest BCUT2D eigenvalue weighted by molar-refractivity contribution is 0.0939. The van der Waals surface area contributed by atoms with Gasteiger partial charge in [0, 0.05) is 13.4 Å². The summed E-state index contributed by atoms with van der Waals surface area (Å²) < 4.78 is 26.2. The Morgan fingerprint density at radius 3 is 1.67 bits per heavy atom. The van der Waals surface area contributed by atoms with Crippen LogP contribution in [0.1, 0.15) is 13.8 Å². The van der Waals surface area contributed by atoms with Crippen molar-refractivity contribution in [3.63, 3.8) is 0 Å². The standard InChI is InChI=1S/C5H12O3S/c1-5(2,8-3)9(4,6)7/h1-4H3. The zero-order chi connectivity index (χ0) is 7.71. The summed E-state index contributed by atoms with van der Waals surface area (Å²) in [5.74, 6) is 0. The van der Waals surface area contributed by atoms with Gasteiger partial charge in [0.1, 0.15) is 0 Å². The van der Waals surface area contributed by atoms with Gasteiger partial charge in [-0.05, 0) is 13.8 Å². The molecule has 56 valence electrons. The van der Waals surface area contributed by atoms with Gasteiger partial charge in [-0.3, -0.25) is 0 Å². The summed E-state index contributed by atoms with van der Waals surface area (Å²) >= 11 is 0. The van der Waals surface area contributed by atoms with Gasteiger partial charge in [0.25, 0.3) is 0 Å².